The van der Waals surface area contributed by atoms with Crippen molar-refractivity contribution < 1.29 is 0 Å². The Morgan fingerprint density at radius 2 is 1.86 bits per heavy atom. The van der Waals surface area contributed by atoms with E-state index in [4.69, 9.17) is 0 Å². The summed E-state index contributed by atoms with van der Waals surface area (Å²) in [6, 6.07) is 0. The van der Waals surface area contributed by atoms with E-state index >= 15 is 0 Å². The molecule has 0 aromatic carbocycles. The maximum atomic E-state index is 3.45. The molecule has 1 saturated carbocycles. The smallest absolute Gasteiger partial charge is 0.0290 e. The van der Waals surface area contributed by atoms with Gasteiger partial charge in [0.05, 0.1) is 0 Å². The fourth-order valence-electron chi connectivity index (χ4n) is 2.21. The molecule has 1 nitrogen and oxygen atoms in total. The van der Waals surface area contributed by atoms with E-state index in [2.05, 4.69) is 37.9 Å². The number of nitrogens with one attached hydrogen (secondary N) is 1. The first kappa shape index (κ1) is 10.1. The predicted molar refractivity (Wildman–Crippen MR) is 59.7 cm³/mol. The van der Waals surface area contributed by atoms with E-state index in [0.29, 0.717) is 0 Å². The van der Waals surface area contributed by atoms with Crippen LogP contribution in [-0.2, 0) is 0 Å². The second-order valence-corrected chi connectivity index (χ2v) is 5.26. The maximum absolute atomic E-state index is 3.45. The topological polar surface area (TPSA) is 12.0 Å². The van der Waals surface area contributed by atoms with Crippen molar-refractivity contribution in [2.24, 2.45) is 29.6 Å². The van der Waals surface area contributed by atoms with Gasteiger partial charge >= 0.3 is 0 Å². The summed E-state index contributed by atoms with van der Waals surface area (Å²) in [6.07, 6.45) is 1.08. The van der Waals surface area contributed by atoms with Gasteiger partial charge in [0.1, 0.15) is 0 Å². The Balaban J connectivity index is 1.73. The third kappa shape index (κ3) is 1.96. The summed E-state index contributed by atoms with van der Waals surface area (Å²) >= 11 is 0. The molecule has 1 aliphatic heterocycles. The molecule has 14 heavy (non-hydrogen) atoms. The first-order chi connectivity index (χ1) is 6.70. The first-order valence-electron chi connectivity index (χ1n) is 5.89. The van der Waals surface area contributed by atoms with Crippen molar-refractivity contribution >= 4 is 0 Å². The van der Waals surface area contributed by atoms with Crippen LogP contribution in [0.1, 0.15) is 27.2 Å². The summed E-state index contributed by atoms with van der Waals surface area (Å²) in [7, 11) is 0. The van der Waals surface area contributed by atoms with Gasteiger partial charge in [-0.2, -0.15) is 0 Å². The number of piperidine rings is 1. The summed E-state index contributed by atoms with van der Waals surface area (Å²) in [6.45, 7) is 9.28. The molecule has 1 heteroatoms. The normalized spacial score (nSPS) is 36.1. The molecule has 2 fully saturated rings. The van der Waals surface area contributed by atoms with Gasteiger partial charge in [-0.25, -0.2) is 0 Å². The highest BCUT2D eigenvalue weighted by atomic mass is 15.0. The lowest BCUT2D eigenvalue weighted by Crippen LogP contribution is -2.13. The molecule has 4 atom stereocenters. The Morgan fingerprint density at radius 1 is 1.21 bits per heavy atom. The van der Waals surface area contributed by atoms with Gasteiger partial charge in [-0.15, -0.1) is 5.92 Å². The van der Waals surface area contributed by atoms with E-state index in [-0.39, 0.29) is 0 Å². The van der Waals surface area contributed by atoms with Gasteiger partial charge in [0.2, 0.25) is 0 Å². The lowest BCUT2D eigenvalue weighted by atomic mass is 9.95. The van der Waals surface area contributed by atoms with E-state index in [0.717, 1.165) is 36.0 Å². The summed E-state index contributed by atoms with van der Waals surface area (Å²) in [5.41, 5.74) is 0. The fraction of sp³-hybridized carbons (Fsp3) is 0.846. The largest absolute Gasteiger partial charge is 0.316 e. The molecular formula is C13H21N. The second-order valence-electron chi connectivity index (χ2n) is 5.26. The van der Waals surface area contributed by atoms with E-state index < -0.39 is 0 Å². The molecule has 0 bridgehead atoms. The highest BCUT2D eigenvalue weighted by Crippen LogP contribution is 2.47. The van der Waals surface area contributed by atoms with Gasteiger partial charge in [-0.3, -0.25) is 0 Å². The number of fused-ring (bicyclic) bond motifs is 1. The number of hydrogen-bond donors (Lipinski definition) is 1. The first-order valence-corrected chi connectivity index (χ1v) is 5.89. The third-order valence-electron chi connectivity index (χ3n) is 3.92. The molecule has 78 valence electrons. The van der Waals surface area contributed by atoms with Gasteiger partial charge in [0, 0.05) is 12.3 Å². The summed E-state index contributed by atoms with van der Waals surface area (Å²) in [4.78, 5) is 0. The summed E-state index contributed by atoms with van der Waals surface area (Å²) < 4.78 is 0. The van der Waals surface area contributed by atoms with Gasteiger partial charge in [-0.1, -0.05) is 26.7 Å². The molecule has 0 aromatic rings. The molecule has 0 radical (unpaired) electrons. The predicted octanol–water partition coefficient (Wildman–Crippen LogP) is 2.14. The van der Waals surface area contributed by atoms with Crippen LogP contribution in [-0.4, -0.2) is 13.1 Å². The average Bonchev–Trinajstić information content (AvgIpc) is 2.62. The van der Waals surface area contributed by atoms with Crippen LogP contribution in [0.4, 0.5) is 0 Å². The zero-order valence-corrected chi connectivity index (χ0v) is 9.51. The molecule has 2 aliphatic rings. The van der Waals surface area contributed by atoms with E-state index in [1.54, 1.807) is 0 Å². The fourth-order valence-corrected chi connectivity index (χ4v) is 2.21. The second kappa shape index (κ2) is 3.95. The minimum Gasteiger partial charge on any atom is -0.316 e. The Bertz CT molecular complexity index is 248. The Morgan fingerprint density at radius 3 is 2.43 bits per heavy atom. The number of rotatable bonds is 2. The highest BCUT2D eigenvalue weighted by molar-refractivity contribution is 5.20. The van der Waals surface area contributed by atoms with Crippen LogP contribution in [0.3, 0.4) is 0 Å². The molecule has 0 unspecified atom stereocenters. The van der Waals surface area contributed by atoms with E-state index in [1.165, 1.54) is 13.1 Å². The molecule has 0 amide bonds. The Kier molecular flexibility index (Phi) is 2.83. The van der Waals surface area contributed by atoms with Crippen molar-refractivity contribution in [2.45, 2.75) is 27.2 Å². The van der Waals surface area contributed by atoms with E-state index in [1.807, 2.05) is 0 Å². The average molecular weight is 191 g/mol. The van der Waals surface area contributed by atoms with Crippen LogP contribution < -0.4 is 5.32 Å². The van der Waals surface area contributed by atoms with Crippen molar-refractivity contribution in [1.29, 1.82) is 0 Å². The van der Waals surface area contributed by atoms with Gasteiger partial charge in [-0.05, 0) is 36.8 Å². The van der Waals surface area contributed by atoms with Crippen molar-refractivity contribution in [3.8, 4) is 11.8 Å². The molecule has 0 aromatic heterocycles. The zero-order chi connectivity index (χ0) is 10.1. The van der Waals surface area contributed by atoms with Crippen molar-refractivity contribution in [2.75, 3.05) is 13.1 Å². The summed E-state index contributed by atoms with van der Waals surface area (Å²) in [5.74, 6) is 10.9. The van der Waals surface area contributed by atoms with Crippen LogP contribution in [0, 0.1) is 41.4 Å². The van der Waals surface area contributed by atoms with Crippen molar-refractivity contribution in [1.82, 2.24) is 5.32 Å². The van der Waals surface area contributed by atoms with Crippen LogP contribution in [0.5, 0.6) is 0 Å². The van der Waals surface area contributed by atoms with Gasteiger partial charge in [0.15, 0.2) is 0 Å². The number of hydrogen-bond acceptors (Lipinski definition) is 1. The quantitative estimate of drug-likeness (QED) is 0.659. The lowest BCUT2D eigenvalue weighted by Gasteiger charge is -2.10. The van der Waals surface area contributed by atoms with Crippen LogP contribution in [0.2, 0.25) is 0 Å². The maximum Gasteiger partial charge on any atom is 0.0290 e. The highest BCUT2D eigenvalue weighted by Gasteiger charge is 2.51. The molecule has 1 N–H and O–H groups in total. The molecule has 1 saturated heterocycles. The molecule has 2 rings (SSSR count). The van der Waals surface area contributed by atoms with E-state index in [9.17, 15) is 0 Å². The van der Waals surface area contributed by atoms with Crippen molar-refractivity contribution in [3.05, 3.63) is 0 Å². The third-order valence-corrected chi connectivity index (χ3v) is 3.92. The standard InChI is InChI=1S/C13H21N/c1-9(2)10(3)5-4-6-11-12-7-14-8-13(11)12/h9-14H,5,7-8H2,1-3H3/t10-,11-,12-,13+/m1/s1. The SMILES string of the molecule is CC(C)[C@H](C)CC#C[C@@H]1[C@H]2CNC[C@@H]12. The zero-order valence-electron chi connectivity index (χ0n) is 9.51. The van der Waals surface area contributed by atoms with Gasteiger partial charge in [0.25, 0.3) is 0 Å². The molecule has 1 aliphatic carbocycles. The van der Waals surface area contributed by atoms with Crippen molar-refractivity contribution in [3.63, 3.8) is 0 Å². The Hall–Kier alpha value is -0.480. The van der Waals surface area contributed by atoms with Crippen LogP contribution in [0.25, 0.3) is 0 Å². The minimum absolute atomic E-state index is 0.746. The Labute approximate surface area is 87.7 Å². The monoisotopic (exact) mass is 191 g/mol. The minimum atomic E-state index is 0.746. The summed E-state index contributed by atoms with van der Waals surface area (Å²) in [5, 5.41) is 3.40. The molecular weight excluding hydrogens is 170 g/mol. The van der Waals surface area contributed by atoms with Gasteiger partial charge < -0.3 is 5.32 Å². The van der Waals surface area contributed by atoms with Crippen LogP contribution in [0.15, 0.2) is 0 Å². The molecule has 0 spiro atoms. The van der Waals surface area contributed by atoms with Crippen LogP contribution >= 0.6 is 0 Å². The molecule has 1 heterocycles. The lowest BCUT2D eigenvalue weighted by molar-refractivity contribution is 0.429.